The Hall–Kier alpha value is -0.240. The third-order valence-electron chi connectivity index (χ3n) is 0.937. The Bertz CT molecular complexity index is 129. The molecule has 0 aromatic rings. The minimum atomic E-state index is -0.100. The maximum absolute atomic E-state index is 10.6. The van der Waals surface area contributed by atoms with Crippen LogP contribution in [0.15, 0.2) is 0 Å². The van der Waals surface area contributed by atoms with Gasteiger partial charge in [-0.05, 0) is 5.41 Å². The predicted molar refractivity (Wildman–Crippen MR) is 59.1 cm³/mol. The van der Waals surface area contributed by atoms with Crippen LogP contribution >= 0.6 is 11.6 Å². The van der Waals surface area contributed by atoms with Crippen LogP contribution in [0, 0.1) is 5.41 Å². The molecule has 0 atom stereocenters. The van der Waals surface area contributed by atoms with Crippen LogP contribution in [0.4, 0.5) is 0 Å². The van der Waals surface area contributed by atoms with E-state index in [9.17, 15) is 4.79 Å². The molecule has 2 nitrogen and oxygen atoms in total. The number of carbonyl (C=O) groups excluding carboxylic acids is 1. The van der Waals surface area contributed by atoms with E-state index in [-0.39, 0.29) is 17.2 Å². The lowest BCUT2D eigenvalue weighted by Crippen LogP contribution is -2.32. The Morgan fingerprint density at radius 3 is 1.92 bits per heavy atom. The zero-order valence-electron chi connectivity index (χ0n) is 9.41. The predicted octanol–water partition coefficient (Wildman–Crippen LogP) is 2.80. The minimum Gasteiger partial charge on any atom is -0.355 e. The van der Waals surface area contributed by atoms with Gasteiger partial charge in [0.05, 0.1) is 0 Å². The first kappa shape index (κ1) is 15.2. The third kappa shape index (κ3) is 18.6. The van der Waals surface area contributed by atoms with Crippen molar-refractivity contribution in [2.75, 3.05) is 12.4 Å². The second-order valence-corrected chi connectivity index (χ2v) is 4.45. The molecular weight excluding hydrogens is 186 g/mol. The van der Waals surface area contributed by atoms with Crippen molar-refractivity contribution < 1.29 is 4.79 Å². The average Bonchev–Trinajstić information content (AvgIpc) is 2.00. The fourth-order valence-electron chi connectivity index (χ4n) is 0.411. The van der Waals surface area contributed by atoms with E-state index >= 15 is 0 Å². The summed E-state index contributed by atoms with van der Waals surface area (Å²) in [5.41, 5.74) is 0.141. The van der Waals surface area contributed by atoms with Gasteiger partial charge < -0.3 is 5.32 Å². The van der Waals surface area contributed by atoms with Crippen LogP contribution < -0.4 is 5.32 Å². The number of alkyl halides is 1. The molecule has 0 aliphatic carbocycles. The van der Waals surface area contributed by atoms with Crippen LogP contribution in [0.5, 0.6) is 0 Å². The Labute approximate surface area is 87.0 Å². The summed E-state index contributed by atoms with van der Waals surface area (Å²) in [5.74, 6) is -0.0487. The van der Waals surface area contributed by atoms with E-state index in [1.165, 1.54) is 6.42 Å². The van der Waals surface area contributed by atoms with Gasteiger partial charge >= 0.3 is 0 Å². The zero-order chi connectivity index (χ0) is 10.9. The lowest BCUT2D eigenvalue weighted by atomic mass is 9.97. The van der Waals surface area contributed by atoms with Gasteiger partial charge in [0.15, 0.2) is 0 Å². The summed E-state index contributed by atoms with van der Waals surface area (Å²) in [6.07, 6.45) is 1.25. The topological polar surface area (TPSA) is 29.1 Å². The molecular formula is C10H22ClNO. The van der Waals surface area contributed by atoms with Gasteiger partial charge in [0, 0.05) is 6.54 Å². The second-order valence-electron chi connectivity index (χ2n) is 4.18. The van der Waals surface area contributed by atoms with E-state index in [1.807, 2.05) is 0 Å². The lowest BCUT2D eigenvalue weighted by Gasteiger charge is -2.17. The SMILES string of the molecule is CC(C)(C)CNC(=O)CCl.CCC. The third-order valence-corrected chi connectivity index (χ3v) is 1.18. The van der Waals surface area contributed by atoms with Crippen molar-refractivity contribution in [3.05, 3.63) is 0 Å². The Kier molecular flexibility index (Phi) is 9.80. The van der Waals surface area contributed by atoms with Gasteiger partial charge in [0.2, 0.25) is 5.91 Å². The van der Waals surface area contributed by atoms with Crippen molar-refractivity contribution in [3.63, 3.8) is 0 Å². The van der Waals surface area contributed by atoms with Crippen LogP contribution in [0.3, 0.4) is 0 Å². The summed E-state index contributed by atoms with van der Waals surface area (Å²) >= 11 is 5.27. The molecule has 13 heavy (non-hydrogen) atoms. The van der Waals surface area contributed by atoms with Gasteiger partial charge in [0.25, 0.3) is 0 Å². The van der Waals surface area contributed by atoms with E-state index in [0.717, 1.165) is 0 Å². The second kappa shape index (κ2) is 8.36. The van der Waals surface area contributed by atoms with Crippen LogP contribution in [0.25, 0.3) is 0 Å². The van der Waals surface area contributed by atoms with Crippen LogP contribution in [-0.4, -0.2) is 18.3 Å². The van der Waals surface area contributed by atoms with E-state index in [2.05, 4.69) is 39.9 Å². The Morgan fingerprint density at radius 2 is 1.69 bits per heavy atom. The highest BCUT2D eigenvalue weighted by Crippen LogP contribution is 2.09. The molecule has 1 amide bonds. The number of hydrogen-bond acceptors (Lipinski definition) is 1. The van der Waals surface area contributed by atoms with Crippen molar-refractivity contribution in [2.45, 2.75) is 41.0 Å². The minimum absolute atomic E-state index is 0.0517. The largest absolute Gasteiger partial charge is 0.355 e. The smallest absolute Gasteiger partial charge is 0.234 e. The molecule has 0 rings (SSSR count). The fourth-order valence-corrected chi connectivity index (χ4v) is 0.505. The number of rotatable bonds is 2. The fraction of sp³-hybridized carbons (Fsp3) is 0.900. The number of carbonyl (C=O) groups is 1. The van der Waals surface area contributed by atoms with Crippen LogP contribution in [-0.2, 0) is 4.79 Å². The number of amides is 1. The Balaban J connectivity index is 0. The van der Waals surface area contributed by atoms with Crippen molar-refractivity contribution in [2.24, 2.45) is 5.41 Å². The maximum Gasteiger partial charge on any atom is 0.234 e. The number of hydrogen-bond donors (Lipinski definition) is 1. The summed E-state index contributed by atoms with van der Waals surface area (Å²) in [6, 6.07) is 0. The molecule has 0 fully saturated rings. The molecule has 0 saturated heterocycles. The molecule has 3 heteroatoms. The normalized spacial score (nSPS) is 10.0. The number of nitrogens with one attached hydrogen (secondary N) is 1. The molecule has 1 N–H and O–H groups in total. The van der Waals surface area contributed by atoms with Gasteiger partial charge in [-0.1, -0.05) is 41.0 Å². The average molecular weight is 208 g/mol. The number of halogens is 1. The standard InChI is InChI=1S/C7H14ClNO.C3H8/c1-7(2,3)5-9-6(10)4-8;1-3-2/h4-5H2,1-3H3,(H,9,10);3H2,1-2H3. The molecule has 0 aromatic heterocycles. The van der Waals surface area contributed by atoms with Gasteiger partial charge in [-0.25, -0.2) is 0 Å². The quantitative estimate of drug-likeness (QED) is 0.694. The summed E-state index contributed by atoms with van der Waals surface area (Å²) in [7, 11) is 0. The molecule has 0 aromatic carbocycles. The van der Waals surface area contributed by atoms with Crippen molar-refractivity contribution in [1.82, 2.24) is 5.32 Å². The molecule has 0 unspecified atom stereocenters. The molecule has 0 heterocycles. The summed E-state index contributed by atoms with van der Waals surface area (Å²) in [5, 5.41) is 2.70. The van der Waals surface area contributed by atoms with Gasteiger partial charge in [0.1, 0.15) is 5.88 Å². The molecule has 0 spiro atoms. The van der Waals surface area contributed by atoms with Crippen LogP contribution in [0.1, 0.15) is 41.0 Å². The van der Waals surface area contributed by atoms with Crippen LogP contribution in [0.2, 0.25) is 0 Å². The van der Waals surface area contributed by atoms with Crippen molar-refractivity contribution in [3.8, 4) is 0 Å². The lowest BCUT2D eigenvalue weighted by molar-refractivity contribution is -0.119. The first-order chi connectivity index (χ1) is 5.87. The van der Waals surface area contributed by atoms with Crippen molar-refractivity contribution >= 4 is 17.5 Å². The highest BCUT2D eigenvalue weighted by Gasteiger charge is 2.10. The molecule has 0 aliphatic rings. The summed E-state index contributed by atoms with van der Waals surface area (Å²) in [6.45, 7) is 11.1. The first-order valence-electron chi connectivity index (χ1n) is 4.70. The first-order valence-corrected chi connectivity index (χ1v) is 5.23. The Morgan fingerprint density at radius 1 is 1.31 bits per heavy atom. The molecule has 0 radical (unpaired) electrons. The van der Waals surface area contributed by atoms with E-state index in [1.54, 1.807) is 0 Å². The highest BCUT2D eigenvalue weighted by molar-refractivity contribution is 6.27. The van der Waals surface area contributed by atoms with E-state index in [4.69, 9.17) is 11.6 Å². The molecule has 0 saturated carbocycles. The zero-order valence-corrected chi connectivity index (χ0v) is 10.2. The highest BCUT2D eigenvalue weighted by atomic mass is 35.5. The van der Waals surface area contributed by atoms with E-state index < -0.39 is 0 Å². The molecule has 80 valence electrons. The molecule has 0 aliphatic heterocycles. The van der Waals surface area contributed by atoms with Gasteiger partial charge in [-0.3, -0.25) is 4.79 Å². The van der Waals surface area contributed by atoms with Gasteiger partial charge in [-0.2, -0.15) is 0 Å². The maximum atomic E-state index is 10.6. The summed E-state index contributed by atoms with van der Waals surface area (Å²) in [4.78, 5) is 10.6. The molecule has 0 bridgehead atoms. The van der Waals surface area contributed by atoms with Gasteiger partial charge in [-0.15, -0.1) is 11.6 Å². The summed E-state index contributed by atoms with van der Waals surface area (Å²) < 4.78 is 0. The van der Waals surface area contributed by atoms with Crippen molar-refractivity contribution in [1.29, 1.82) is 0 Å². The monoisotopic (exact) mass is 207 g/mol. The van der Waals surface area contributed by atoms with E-state index in [0.29, 0.717) is 6.54 Å².